The SMILES string of the molecule is Cc1cccc(CNC(=O)c2nc(C(=O)NCCN(C)C)c3n2CCCC3)c1. The van der Waals surface area contributed by atoms with Crippen molar-refractivity contribution in [2.45, 2.75) is 39.3 Å². The van der Waals surface area contributed by atoms with Crippen molar-refractivity contribution in [1.29, 1.82) is 0 Å². The van der Waals surface area contributed by atoms with Gasteiger partial charge in [0, 0.05) is 26.2 Å². The van der Waals surface area contributed by atoms with Gasteiger partial charge in [-0.15, -0.1) is 0 Å². The van der Waals surface area contributed by atoms with Crippen LogP contribution in [0.5, 0.6) is 0 Å². The molecule has 0 spiro atoms. The molecule has 0 saturated carbocycles. The molecule has 1 aromatic heterocycles. The van der Waals surface area contributed by atoms with Crippen molar-refractivity contribution < 1.29 is 9.59 Å². The molecule has 0 fully saturated rings. The van der Waals surface area contributed by atoms with E-state index in [1.165, 1.54) is 0 Å². The Morgan fingerprint density at radius 2 is 2.00 bits per heavy atom. The first-order valence-corrected chi connectivity index (χ1v) is 9.82. The summed E-state index contributed by atoms with van der Waals surface area (Å²) >= 11 is 0. The third-order valence-electron chi connectivity index (χ3n) is 4.92. The normalized spacial score (nSPS) is 13.3. The summed E-state index contributed by atoms with van der Waals surface area (Å²) in [5.41, 5.74) is 3.45. The van der Waals surface area contributed by atoms with Crippen LogP contribution >= 0.6 is 0 Å². The Morgan fingerprint density at radius 1 is 1.18 bits per heavy atom. The number of fused-ring (bicyclic) bond motifs is 1. The van der Waals surface area contributed by atoms with Gasteiger partial charge >= 0.3 is 0 Å². The predicted octanol–water partition coefficient (Wildman–Crippen LogP) is 1.75. The van der Waals surface area contributed by atoms with Gasteiger partial charge in [-0.05, 0) is 45.8 Å². The van der Waals surface area contributed by atoms with Crippen LogP contribution in [-0.2, 0) is 19.5 Å². The largest absolute Gasteiger partial charge is 0.349 e. The summed E-state index contributed by atoms with van der Waals surface area (Å²) in [6.45, 7) is 4.49. The van der Waals surface area contributed by atoms with Crippen LogP contribution in [0.1, 0.15) is 50.8 Å². The van der Waals surface area contributed by atoms with Crippen LogP contribution in [0, 0.1) is 6.92 Å². The third-order valence-corrected chi connectivity index (χ3v) is 4.92. The molecular weight excluding hydrogens is 354 g/mol. The summed E-state index contributed by atoms with van der Waals surface area (Å²) in [4.78, 5) is 31.8. The summed E-state index contributed by atoms with van der Waals surface area (Å²) < 4.78 is 1.91. The second-order valence-electron chi connectivity index (χ2n) is 7.57. The number of carbonyl (C=O) groups is 2. The van der Waals surface area contributed by atoms with Gasteiger partial charge in [0.25, 0.3) is 11.8 Å². The quantitative estimate of drug-likeness (QED) is 0.763. The summed E-state index contributed by atoms with van der Waals surface area (Å²) in [5, 5.41) is 5.85. The molecule has 2 N–H and O–H groups in total. The minimum Gasteiger partial charge on any atom is -0.349 e. The molecular formula is C21H29N5O2. The highest BCUT2D eigenvalue weighted by molar-refractivity contribution is 5.97. The highest BCUT2D eigenvalue weighted by Crippen LogP contribution is 2.21. The van der Waals surface area contributed by atoms with Crippen LogP contribution in [-0.4, -0.2) is 53.5 Å². The molecule has 0 aliphatic carbocycles. The van der Waals surface area contributed by atoms with Gasteiger partial charge in [0.05, 0.1) is 5.69 Å². The van der Waals surface area contributed by atoms with E-state index in [0.717, 1.165) is 49.2 Å². The van der Waals surface area contributed by atoms with Gasteiger partial charge in [-0.2, -0.15) is 0 Å². The van der Waals surface area contributed by atoms with E-state index in [-0.39, 0.29) is 11.8 Å². The van der Waals surface area contributed by atoms with Gasteiger partial charge < -0.3 is 20.1 Å². The van der Waals surface area contributed by atoms with E-state index < -0.39 is 0 Å². The van der Waals surface area contributed by atoms with E-state index in [9.17, 15) is 9.59 Å². The topological polar surface area (TPSA) is 79.3 Å². The number of likely N-dealkylation sites (N-methyl/N-ethyl adjacent to an activating group) is 1. The van der Waals surface area contributed by atoms with E-state index in [1.807, 2.05) is 54.8 Å². The van der Waals surface area contributed by atoms with Crippen molar-refractivity contribution in [2.75, 3.05) is 27.2 Å². The van der Waals surface area contributed by atoms with Crippen molar-refractivity contribution in [3.63, 3.8) is 0 Å². The van der Waals surface area contributed by atoms with Gasteiger partial charge in [0.15, 0.2) is 5.82 Å². The van der Waals surface area contributed by atoms with Crippen LogP contribution in [0.2, 0.25) is 0 Å². The number of nitrogens with one attached hydrogen (secondary N) is 2. The zero-order valence-corrected chi connectivity index (χ0v) is 16.9. The monoisotopic (exact) mass is 383 g/mol. The molecule has 7 nitrogen and oxygen atoms in total. The Bertz CT molecular complexity index is 856. The van der Waals surface area contributed by atoms with Crippen LogP contribution in [0.25, 0.3) is 0 Å². The highest BCUT2D eigenvalue weighted by Gasteiger charge is 2.27. The van der Waals surface area contributed by atoms with Crippen LogP contribution in [0.3, 0.4) is 0 Å². The minimum atomic E-state index is -0.239. The number of hydrogen-bond donors (Lipinski definition) is 2. The number of rotatable bonds is 7. The van der Waals surface area contributed by atoms with Crippen molar-refractivity contribution in [3.8, 4) is 0 Å². The zero-order chi connectivity index (χ0) is 20.1. The van der Waals surface area contributed by atoms with Gasteiger partial charge in [0.1, 0.15) is 5.69 Å². The molecule has 2 aromatic rings. The molecule has 0 radical (unpaired) electrons. The standard InChI is InChI=1S/C21H29N5O2/c1-15-7-6-8-16(13-15)14-23-21(28)19-24-18(17-9-4-5-11-26(17)19)20(27)22-10-12-25(2)3/h6-8,13H,4-5,9-12,14H2,1-3H3,(H,22,27)(H,23,28). The first-order chi connectivity index (χ1) is 13.5. The maximum absolute atomic E-state index is 12.8. The van der Waals surface area contributed by atoms with Crippen LogP contribution in [0.4, 0.5) is 0 Å². The first kappa shape index (κ1) is 20.1. The maximum Gasteiger partial charge on any atom is 0.287 e. The second-order valence-corrected chi connectivity index (χ2v) is 7.57. The lowest BCUT2D eigenvalue weighted by molar-refractivity contribution is 0.0935. The Balaban J connectivity index is 1.74. The van der Waals surface area contributed by atoms with Gasteiger partial charge in [-0.1, -0.05) is 29.8 Å². The van der Waals surface area contributed by atoms with E-state index >= 15 is 0 Å². The number of amides is 2. The Hall–Kier alpha value is -2.67. The van der Waals surface area contributed by atoms with Crippen molar-refractivity contribution in [2.24, 2.45) is 0 Å². The fourth-order valence-electron chi connectivity index (χ4n) is 3.46. The van der Waals surface area contributed by atoms with Crippen LogP contribution < -0.4 is 10.6 Å². The van der Waals surface area contributed by atoms with Gasteiger partial charge in [-0.3, -0.25) is 9.59 Å². The van der Waals surface area contributed by atoms with Crippen LogP contribution in [0.15, 0.2) is 24.3 Å². The fraction of sp³-hybridized carbons (Fsp3) is 0.476. The molecule has 28 heavy (non-hydrogen) atoms. The summed E-state index contributed by atoms with van der Waals surface area (Å²) in [5.74, 6) is -0.109. The number of benzene rings is 1. The summed E-state index contributed by atoms with van der Waals surface area (Å²) in [7, 11) is 3.92. The number of imidazole rings is 1. The van der Waals surface area contributed by atoms with Crippen molar-refractivity contribution in [3.05, 3.63) is 52.6 Å². The zero-order valence-electron chi connectivity index (χ0n) is 16.9. The number of aromatic nitrogens is 2. The second kappa shape index (κ2) is 9.01. The predicted molar refractivity (Wildman–Crippen MR) is 108 cm³/mol. The average Bonchev–Trinajstić information content (AvgIpc) is 3.06. The molecule has 0 atom stereocenters. The number of hydrogen-bond acceptors (Lipinski definition) is 4. The molecule has 0 unspecified atom stereocenters. The third kappa shape index (κ3) is 4.78. The highest BCUT2D eigenvalue weighted by atomic mass is 16.2. The van der Waals surface area contributed by atoms with E-state index in [2.05, 4.69) is 15.6 Å². The molecule has 2 heterocycles. The van der Waals surface area contributed by atoms with Gasteiger partial charge in [-0.25, -0.2) is 4.98 Å². The Kier molecular flexibility index (Phi) is 6.46. The molecule has 1 aliphatic rings. The molecule has 2 amide bonds. The number of carbonyl (C=O) groups excluding carboxylic acids is 2. The van der Waals surface area contributed by atoms with Crippen molar-refractivity contribution in [1.82, 2.24) is 25.1 Å². The van der Waals surface area contributed by atoms with Crippen molar-refractivity contribution >= 4 is 11.8 Å². The lowest BCUT2D eigenvalue weighted by atomic mass is 10.1. The molecule has 1 aliphatic heterocycles. The summed E-state index contributed by atoms with van der Waals surface area (Å²) in [6.07, 6.45) is 2.77. The Morgan fingerprint density at radius 3 is 2.75 bits per heavy atom. The lowest BCUT2D eigenvalue weighted by Gasteiger charge is -2.17. The minimum absolute atomic E-state index is 0.203. The molecule has 1 aromatic carbocycles. The van der Waals surface area contributed by atoms with E-state index in [4.69, 9.17) is 0 Å². The molecule has 0 bridgehead atoms. The Labute approximate surface area is 166 Å². The van der Waals surface area contributed by atoms with Gasteiger partial charge in [0.2, 0.25) is 0 Å². The average molecular weight is 383 g/mol. The number of aryl methyl sites for hydroxylation is 1. The smallest absolute Gasteiger partial charge is 0.287 e. The summed E-state index contributed by atoms with van der Waals surface area (Å²) in [6, 6.07) is 8.03. The molecule has 150 valence electrons. The first-order valence-electron chi connectivity index (χ1n) is 9.82. The van der Waals surface area contributed by atoms with E-state index in [1.54, 1.807) is 0 Å². The molecule has 0 saturated heterocycles. The lowest BCUT2D eigenvalue weighted by Crippen LogP contribution is -2.32. The molecule has 7 heteroatoms. The fourth-order valence-corrected chi connectivity index (χ4v) is 3.46. The maximum atomic E-state index is 12.8. The van der Waals surface area contributed by atoms with E-state index in [0.29, 0.717) is 24.6 Å². The molecule has 3 rings (SSSR count). The number of nitrogens with zero attached hydrogens (tertiary/aromatic N) is 3.